The van der Waals surface area contributed by atoms with Crippen molar-refractivity contribution in [2.45, 2.75) is 38.1 Å². The van der Waals surface area contributed by atoms with Crippen molar-refractivity contribution in [2.24, 2.45) is 9.98 Å². The summed E-state index contributed by atoms with van der Waals surface area (Å²) in [6, 6.07) is 26.1. The first-order valence-corrected chi connectivity index (χ1v) is 10.3. The third-order valence-electron chi connectivity index (χ3n) is 5.44. The summed E-state index contributed by atoms with van der Waals surface area (Å²) in [5, 5.41) is 0. The van der Waals surface area contributed by atoms with Gasteiger partial charge in [-0.25, -0.2) is 15.0 Å². The summed E-state index contributed by atoms with van der Waals surface area (Å²) in [7, 11) is 0. The van der Waals surface area contributed by atoms with Gasteiger partial charge in [0.15, 0.2) is 0 Å². The van der Waals surface area contributed by atoms with Gasteiger partial charge in [0, 0.05) is 0 Å². The molecule has 0 fully saturated rings. The zero-order valence-electron chi connectivity index (χ0n) is 17.0. The molecule has 3 aromatic rings. The van der Waals surface area contributed by atoms with E-state index in [1.807, 2.05) is 54.6 Å². The predicted molar refractivity (Wildman–Crippen MR) is 117 cm³/mol. The lowest BCUT2D eigenvalue weighted by atomic mass is 10.0. The van der Waals surface area contributed by atoms with E-state index in [4.69, 9.17) is 24.4 Å². The molecule has 0 spiro atoms. The van der Waals surface area contributed by atoms with E-state index in [1.54, 1.807) is 0 Å². The Morgan fingerprint density at radius 2 is 1.00 bits per heavy atom. The van der Waals surface area contributed by atoms with E-state index in [0.717, 1.165) is 11.1 Å². The van der Waals surface area contributed by atoms with Crippen LogP contribution in [0.4, 0.5) is 0 Å². The molecule has 3 heterocycles. The number of aliphatic imine (C=N–C) groups is 2. The van der Waals surface area contributed by atoms with E-state index in [2.05, 4.69) is 38.1 Å². The zero-order valence-corrected chi connectivity index (χ0v) is 17.0. The molecule has 1 aromatic heterocycles. The number of aromatic nitrogens is 1. The Labute approximate surface area is 176 Å². The van der Waals surface area contributed by atoms with E-state index in [9.17, 15) is 0 Å². The Bertz CT molecular complexity index is 1010. The highest BCUT2D eigenvalue weighted by Crippen LogP contribution is 2.32. The third kappa shape index (κ3) is 3.47. The molecule has 30 heavy (non-hydrogen) atoms. The maximum atomic E-state index is 6.18. The van der Waals surface area contributed by atoms with Crippen LogP contribution in [0.5, 0.6) is 0 Å². The van der Waals surface area contributed by atoms with Crippen molar-refractivity contribution in [3.63, 3.8) is 0 Å². The minimum absolute atomic E-state index is 0.0235. The smallest absolute Gasteiger partial charge is 0.236 e. The SMILES string of the molecule is CC1N=C(c2cccc(C3=NC(C)C(c4ccccc4)O3)n2)OC1c1ccccc1. The van der Waals surface area contributed by atoms with Gasteiger partial charge in [0.05, 0.1) is 12.1 Å². The lowest BCUT2D eigenvalue weighted by Crippen LogP contribution is -2.13. The maximum absolute atomic E-state index is 6.18. The molecule has 0 N–H and O–H groups in total. The Hall–Kier alpha value is -3.47. The summed E-state index contributed by atoms with van der Waals surface area (Å²) < 4.78 is 12.4. The second-order valence-corrected chi connectivity index (χ2v) is 7.66. The van der Waals surface area contributed by atoms with Crippen LogP contribution in [0.25, 0.3) is 0 Å². The summed E-state index contributed by atoms with van der Waals surface area (Å²) in [6.07, 6.45) is -0.205. The normalized spacial score (nSPS) is 25.3. The van der Waals surface area contributed by atoms with Crippen molar-refractivity contribution in [1.82, 2.24) is 4.98 Å². The molecule has 0 aliphatic carbocycles. The van der Waals surface area contributed by atoms with Gasteiger partial charge in [0.25, 0.3) is 0 Å². The first kappa shape index (κ1) is 18.6. The number of rotatable bonds is 4. The molecule has 0 saturated carbocycles. The Morgan fingerprint density at radius 3 is 1.43 bits per heavy atom. The van der Waals surface area contributed by atoms with Gasteiger partial charge < -0.3 is 9.47 Å². The minimum Gasteiger partial charge on any atom is -0.466 e. The number of nitrogens with zero attached hydrogens (tertiary/aromatic N) is 3. The van der Waals surface area contributed by atoms with Gasteiger partial charge in [-0.3, -0.25) is 0 Å². The molecular weight excluding hydrogens is 374 g/mol. The van der Waals surface area contributed by atoms with Crippen LogP contribution >= 0.6 is 0 Å². The maximum Gasteiger partial charge on any atom is 0.236 e. The lowest BCUT2D eigenvalue weighted by Gasteiger charge is -2.15. The summed E-state index contributed by atoms with van der Waals surface area (Å²) in [5.41, 5.74) is 3.62. The standard InChI is InChI=1S/C25H23N3O2/c1-16-22(18-10-5-3-6-11-18)29-24(26-16)20-14-9-15-21(28-20)25-27-17(2)23(30-25)19-12-7-4-8-13-19/h3-17,22-23H,1-2H3. The molecule has 2 aliphatic rings. The van der Waals surface area contributed by atoms with E-state index >= 15 is 0 Å². The summed E-state index contributed by atoms with van der Waals surface area (Å²) in [5.74, 6) is 1.12. The Morgan fingerprint density at radius 1 is 0.567 bits per heavy atom. The van der Waals surface area contributed by atoms with Gasteiger partial charge in [-0.05, 0) is 37.1 Å². The molecular formula is C25H23N3O2. The lowest BCUT2D eigenvalue weighted by molar-refractivity contribution is 0.201. The van der Waals surface area contributed by atoms with Crippen molar-refractivity contribution in [1.29, 1.82) is 0 Å². The van der Waals surface area contributed by atoms with Gasteiger partial charge in [0.1, 0.15) is 23.6 Å². The fourth-order valence-electron chi connectivity index (χ4n) is 3.91. The average Bonchev–Trinajstić information content (AvgIpc) is 3.38. The van der Waals surface area contributed by atoms with E-state index in [0.29, 0.717) is 23.2 Å². The van der Waals surface area contributed by atoms with E-state index < -0.39 is 0 Å². The zero-order chi connectivity index (χ0) is 20.5. The molecule has 150 valence electrons. The third-order valence-corrected chi connectivity index (χ3v) is 5.44. The van der Waals surface area contributed by atoms with Crippen molar-refractivity contribution < 1.29 is 9.47 Å². The van der Waals surface area contributed by atoms with E-state index in [-0.39, 0.29) is 24.3 Å². The highest BCUT2D eigenvalue weighted by atomic mass is 16.5. The number of hydrogen-bond donors (Lipinski definition) is 0. The fourth-order valence-corrected chi connectivity index (χ4v) is 3.91. The number of ether oxygens (including phenoxy) is 2. The van der Waals surface area contributed by atoms with E-state index in [1.165, 1.54) is 0 Å². The molecule has 5 rings (SSSR count). The van der Waals surface area contributed by atoms with Crippen LogP contribution in [0, 0.1) is 0 Å². The number of pyridine rings is 1. The van der Waals surface area contributed by atoms with Crippen LogP contribution < -0.4 is 0 Å². The molecule has 2 aliphatic heterocycles. The first-order chi connectivity index (χ1) is 14.7. The molecule has 0 saturated heterocycles. The first-order valence-electron chi connectivity index (χ1n) is 10.3. The van der Waals surface area contributed by atoms with Crippen molar-refractivity contribution in [3.8, 4) is 0 Å². The summed E-state index contributed by atoms with van der Waals surface area (Å²) in [6.45, 7) is 4.12. The molecule has 4 atom stereocenters. The molecule has 2 aromatic carbocycles. The number of hydrogen-bond acceptors (Lipinski definition) is 5. The second kappa shape index (κ2) is 7.75. The molecule has 5 heteroatoms. The predicted octanol–water partition coefficient (Wildman–Crippen LogP) is 4.89. The Kier molecular flexibility index (Phi) is 4.79. The van der Waals surface area contributed by atoms with Gasteiger partial charge in [-0.1, -0.05) is 66.7 Å². The summed E-state index contributed by atoms with van der Waals surface area (Å²) >= 11 is 0. The minimum atomic E-state index is -0.103. The van der Waals surface area contributed by atoms with Crippen LogP contribution in [0.1, 0.15) is 48.6 Å². The van der Waals surface area contributed by atoms with Crippen LogP contribution in [0.2, 0.25) is 0 Å². The molecule has 0 amide bonds. The van der Waals surface area contributed by atoms with Gasteiger partial charge in [-0.2, -0.15) is 0 Å². The topological polar surface area (TPSA) is 56.1 Å². The van der Waals surface area contributed by atoms with Crippen LogP contribution in [-0.2, 0) is 9.47 Å². The van der Waals surface area contributed by atoms with Crippen LogP contribution in [0.15, 0.2) is 88.8 Å². The van der Waals surface area contributed by atoms with Gasteiger partial charge in [0.2, 0.25) is 11.8 Å². The molecule has 5 nitrogen and oxygen atoms in total. The average molecular weight is 397 g/mol. The highest BCUT2D eigenvalue weighted by molar-refractivity contribution is 5.97. The van der Waals surface area contributed by atoms with Crippen molar-refractivity contribution in [2.75, 3.05) is 0 Å². The van der Waals surface area contributed by atoms with Crippen molar-refractivity contribution in [3.05, 3.63) is 101 Å². The van der Waals surface area contributed by atoms with Crippen LogP contribution in [-0.4, -0.2) is 28.9 Å². The summed E-state index contributed by atoms with van der Waals surface area (Å²) in [4.78, 5) is 14.2. The number of benzene rings is 2. The fraction of sp³-hybridized carbons (Fsp3) is 0.240. The Balaban J connectivity index is 1.37. The largest absolute Gasteiger partial charge is 0.466 e. The van der Waals surface area contributed by atoms with Gasteiger partial charge in [-0.15, -0.1) is 0 Å². The van der Waals surface area contributed by atoms with Gasteiger partial charge >= 0.3 is 0 Å². The molecule has 4 unspecified atom stereocenters. The molecule has 0 radical (unpaired) electrons. The van der Waals surface area contributed by atoms with Crippen molar-refractivity contribution >= 4 is 11.8 Å². The van der Waals surface area contributed by atoms with Crippen LogP contribution in [0.3, 0.4) is 0 Å². The second-order valence-electron chi connectivity index (χ2n) is 7.66. The monoisotopic (exact) mass is 397 g/mol. The highest BCUT2D eigenvalue weighted by Gasteiger charge is 2.32. The quantitative estimate of drug-likeness (QED) is 0.629. The molecule has 0 bridgehead atoms.